The lowest BCUT2D eigenvalue weighted by Crippen LogP contribution is -2.33. The van der Waals surface area contributed by atoms with Crippen molar-refractivity contribution >= 4 is 11.6 Å². The molecule has 1 saturated carbocycles. The summed E-state index contributed by atoms with van der Waals surface area (Å²) in [6.45, 7) is 1.78. The van der Waals surface area contributed by atoms with Gasteiger partial charge in [-0.15, -0.1) is 0 Å². The molecule has 0 saturated heterocycles. The Morgan fingerprint density at radius 3 is 2.72 bits per heavy atom. The summed E-state index contributed by atoms with van der Waals surface area (Å²) in [5, 5.41) is 0. The van der Waals surface area contributed by atoms with E-state index in [4.69, 9.17) is 0 Å². The van der Waals surface area contributed by atoms with Crippen molar-refractivity contribution < 1.29 is 9.59 Å². The molecule has 0 aromatic heterocycles. The molecule has 0 bridgehead atoms. The van der Waals surface area contributed by atoms with Crippen molar-refractivity contribution in [2.24, 2.45) is 5.92 Å². The molecule has 2 aliphatic heterocycles. The Labute approximate surface area is 107 Å². The van der Waals surface area contributed by atoms with Crippen molar-refractivity contribution in [3.63, 3.8) is 0 Å². The van der Waals surface area contributed by atoms with Gasteiger partial charge in [-0.25, -0.2) is 0 Å². The highest BCUT2D eigenvalue weighted by molar-refractivity contribution is 6.13. The summed E-state index contributed by atoms with van der Waals surface area (Å²) in [4.78, 5) is 26.5. The molecule has 0 spiro atoms. The van der Waals surface area contributed by atoms with Crippen molar-refractivity contribution in [1.82, 2.24) is 4.90 Å². The van der Waals surface area contributed by atoms with Crippen molar-refractivity contribution in [1.29, 1.82) is 0 Å². The minimum Gasteiger partial charge on any atom is -0.330 e. The minimum atomic E-state index is -0.282. The van der Waals surface area contributed by atoms with E-state index in [9.17, 15) is 9.59 Å². The predicted molar refractivity (Wildman–Crippen MR) is 68.6 cm³/mol. The van der Waals surface area contributed by atoms with E-state index >= 15 is 0 Å². The van der Waals surface area contributed by atoms with E-state index in [2.05, 4.69) is 0 Å². The van der Waals surface area contributed by atoms with E-state index in [1.807, 2.05) is 29.3 Å². The lowest BCUT2D eigenvalue weighted by atomic mass is 9.98. The molecule has 3 nitrogen and oxygen atoms in total. The van der Waals surface area contributed by atoms with Crippen LogP contribution in [0.3, 0.4) is 0 Å². The van der Waals surface area contributed by atoms with Crippen LogP contribution in [0.2, 0.25) is 0 Å². The molecule has 3 heteroatoms. The third-order valence-corrected chi connectivity index (χ3v) is 4.16. The summed E-state index contributed by atoms with van der Waals surface area (Å²) in [7, 11) is 0. The summed E-state index contributed by atoms with van der Waals surface area (Å²) < 4.78 is 0. The number of hydrogen-bond donors (Lipinski definition) is 0. The highest BCUT2D eigenvalue weighted by Crippen LogP contribution is 2.35. The standard InChI is InChI=1S/C15H17NO2/c1-10-13(15(18)11-6-2-3-7-11)16-9-5-4-8-12(16)14(10)17/h4-5,8-9,11-12H,2-3,6-7H2,1H3. The van der Waals surface area contributed by atoms with Crippen molar-refractivity contribution in [2.45, 2.75) is 38.6 Å². The summed E-state index contributed by atoms with van der Waals surface area (Å²) in [6, 6.07) is -0.282. The molecule has 0 amide bonds. The first-order chi connectivity index (χ1) is 8.70. The molecule has 0 aromatic carbocycles. The van der Waals surface area contributed by atoms with Gasteiger partial charge in [0, 0.05) is 17.7 Å². The van der Waals surface area contributed by atoms with E-state index in [1.54, 1.807) is 6.92 Å². The van der Waals surface area contributed by atoms with Crippen molar-refractivity contribution in [2.75, 3.05) is 0 Å². The molecule has 0 aromatic rings. The number of fused-ring (bicyclic) bond motifs is 1. The highest BCUT2D eigenvalue weighted by atomic mass is 16.1. The molecule has 3 aliphatic rings. The zero-order valence-electron chi connectivity index (χ0n) is 10.6. The molecule has 3 rings (SSSR count). The number of ketones is 2. The van der Waals surface area contributed by atoms with Crippen LogP contribution in [0.5, 0.6) is 0 Å². The zero-order valence-corrected chi connectivity index (χ0v) is 10.6. The second-order valence-electron chi connectivity index (χ2n) is 5.26. The second kappa shape index (κ2) is 4.23. The zero-order chi connectivity index (χ0) is 12.7. The summed E-state index contributed by atoms with van der Waals surface area (Å²) >= 11 is 0. The van der Waals surface area contributed by atoms with Crippen LogP contribution in [0.25, 0.3) is 0 Å². The third-order valence-electron chi connectivity index (χ3n) is 4.16. The molecule has 18 heavy (non-hydrogen) atoms. The quantitative estimate of drug-likeness (QED) is 0.747. The number of nitrogens with zero attached hydrogens (tertiary/aromatic N) is 1. The SMILES string of the molecule is CC1=C(C(=O)C2CCCC2)N2C=CC=CC2C1=O. The molecule has 1 unspecified atom stereocenters. The van der Waals surface area contributed by atoms with Crippen LogP contribution >= 0.6 is 0 Å². The summed E-state index contributed by atoms with van der Waals surface area (Å²) in [6.07, 6.45) is 11.7. The third kappa shape index (κ3) is 1.57. The van der Waals surface area contributed by atoms with Gasteiger partial charge >= 0.3 is 0 Å². The molecule has 2 heterocycles. The van der Waals surface area contributed by atoms with Crippen LogP contribution in [0, 0.1) is 5.92 Å². The fourth-order valence-electron chi connectivity index (χ4n) is 3.15. The van der Waals surface area contributed by atoms with Crippen LogP contribution < -0.4 is 0 Å². The van der Waals surface area contributed by atoms with Gasteiger partial charge in [0.05, 0.1) is 5.70 Å². The Kier molecular flexibility index (Phi) is 2.69. The maximum atomic E-state index is 12.5. The van der Waals surface area contributed by atoms with Crippen molar-refractivity contribution in [3.05, 3.63) is 35.7 Å². The monoisotopic (exact) mass is 243 g/mol. The van der Waals surface area contributed by atoms with Gasteiger partial charge in [0.15, 0.2) is 11.6 Å². The van der Waals surface area contributed by atoms with Gasteiger partial charge < -0.3 is 4.90 Å². The summed E-state index contributed by atoms with van der Waals surface area (Å²) in [5.41, 5.74) is 1.27. The van der Waals surface area contributed by atoms with Crippen LogP contribution in [-0.4, -0.2) is 22.5 Å². The first-order valence-electron chi connectivity index (χ1n) is 6.63. The largest absolute Gasteiger partial charge is 0.330 e. The van der Waals surface area contributed by atoms with E-state index in [1.165, 1.54) is 0 Å². The Hall–Kier alpha value is -1.64. The Morgan fingerprint density at radius 1 is 1.28 bits per heavy atom. The second-order valence-corrected chi connectivity index (χ2v) is 5.26. The number of rotatable bonds is 2. The number of hydrogen-bond acceptors (Lipinski definition) is 3. The fraction of sp³-hybridized carbons (Fsp3) is 0.467. The van der Waals surface area contributed by atoms with Crippen molar-refractivity contribution in [3.8, 4) is 0 Å². The van der Waals surface area contributed by atoms with Gasteiger partial charge in [-0.2, -0.15) is 0 Å². The van der Waals surface area contributed by atoms with Gasteiger partial charge in [-0.05, 0) is 25.8 Å². The Morgan fingerprint density at radius 2 is 2.00 bits per heavy atom. The van der Waals surface area contributed by atoms with Crippen LogP contribution in [0.1, 0.15) is 32.6 Å². The van der Waals surface area contributed by atoms with E-state index in [0.717, 1.165) is 25.7 Å². The lowest BCUT2D eigenvalue weighted by molar-refractivity contribution is -0.120. The first-order valence-corrected chi connectivity index (χ1v) is 6.63. The fourth-order valence-corrected chi connectivity index (χ4v) is 3.15. The number of carbonyl (C=O) groups excluding carboxylic acids is 2. The lowest BCUT2D eigenvalue weighted by Gasteiger charge is -2.25. The topological polar surface area (TPSA) is 37.4 Å². The molecule has 1 fully saturated rings. The highest BCUT2D eigenvalue weighted by Gasteiger charge is 2.40. The molecular weight excluding hydrogens is 226 g/mol. The van der Waals surface area contributed by atoms with Crippen LogP contribution in [0.4, 0.5) is 0 Å². The number of allylic oxidation sites excluding steroid dienone is 3. The first kappa shape index (κ1) is 11.5. The maximum Gasteiger partial charge on any atom is 0.187 e. The molecule has 94 valence electrons. The van der Waals surface area contributed by atoms with E-state index < -0.39 is 0 Å². The smallest absolute Gasteiger partial charge is 0.187 e. The average Bonchev–Trinajstić information content (AvgIpc) is 2.99. The molecule has 1 aliphatic carbocycles. The molecule has 0 N–H and O–H groups in total. The Bertz CT molecular complexity index is 493. The van der Waals surface area contributed by atoms with E-state index in [-0.39, 0.29) is 23.5 Å². The van der Waals surface area contributed by atoms with Crippen LogP contribution in [-0.2, 0) is 9.59 Å². The predicted octanol–water partition coefficient (Wildman–Crippen LogP) is 2.36. The minimum absolute atomic E-state index is 0.0666. The number of Topliss-reactive ketones (excluding diaryl/α,β-unsaturated/α-hetero) is 2. The number of carbonyl (C=O) groups is 2. The molecular formula is C15H17NO2. The Balaban J connectivity index is 1.94. The molecule has 0 radical (unpaired) electrons. The van der Waals surface area contributed by atoms with Gasteiger partial charge in [0.2, 0.25) is 0 Å². The van der Waals surface area contributed by atoms with Crippen LogP contribution in [0.15, 0.2) is 35.7 Å². The molecule has 1 atom stereocenters. The maximum absolute atomic E-state index is 12.5. The normalized spacial score (nSPS) is 27.3. The van der Waals surface area contributed by atoms with Gasteiger partial charge in [-0.3, -0.25) is 9.59 Å². The average molecular weight is 243 g/mol. The van der Waals surface area contributed by atoms with Gasteiger partial charge in [-0.1, -0.05) is 25.0 Å². The van der Waals surface area contributed by atoms with Gasteiger partial charge in [0.1, 0.15) is 6.04 Å². The van der Waals surface area contributed by atoms with Gasteiger partial charge in [0.25, 0.3) is 0 Å². The summed E-state index contributed by atoms with van der Waals surface area (Å²) in [5.74, 6) is 0.360. The van der Waals surface area contributed by atoms with E-state index in [0.29, 0.717) is 11.3 Å².